The van der Waals surface area contributed by atoms with Gasteiger partial charge in [-0.15, -0.1) is 0 Å². The van der Waals surface area contributed by atoms with Crippen LogP contribution in [0.15, 0.2) is 24.3 Å². The number of rotatable bonds is 11. The van der Waals surface area contributed by atoms with Crippen molar-refractivity contribution >= 4 is 17.9 Å². The standard InChI is InChI=1S/C28H47N3O4/c1-11-22-14-16-23(17-15-22)24(25(32)29-19(4)5)31(20(6)13-12-18(2)3)26(33)21(7)30-27(34)35-28(8,9)10/h14-21,24H,11-13H2,1-10H3,(H,29,32)(H,30,34). The molecule has 0 fully saturated rings. The molecule has 3 amide bonds. The highest BCUT2D eigenvalue weighted by Crippen LogP contribution is 2.28. The molecule has 0 aliphatic rings. The smallest absolute Gasteiger partial charge is 0.408 e. The highest BCUT2D eigenvalue weighted by atomic mass is 16.6. The fourth-order valence-electron chi connectivity index (χ4n) is 3.82. The van der Waals surface area contributed by atoms with Crippen LogP contribution in [0.4, 0.5) is 4.79 Å². The first kappa shape index (κ1) is 30.5. The van der Waals surface area contributed by atoms with Crippen molar-refractivity contribution in [2.24, 2.45) is 5.92 Å². The predicted molar refractivity (Wildman–Crippen MR) is 141 cm³/mol. The maximum atomic E-state index is 13.8. The van der Waals surface area contributed by atoms with E-state index >= 15 is 0 Å². The molecule has 1 rings (SSSR count). The largest absolute Gasteiger partial charge is 0.444 e. The maximum Gasteiger partial charge on any atom is 0.408 e. The third kappa shape index (κ3) is 10.3. The lowest BCUT2D eigenvalue weighted by Gasteiger charge is -2.38. The molecule has 1 aromatic carbocycles. The molecule has 198 valence electrons. The van der Waals surface area contributed by atoms with Crippen LogP contribution in [0, 0.1) is 5.92 Å². The summed E-state index contributed by atoms with van der Waals surface area (Å²) in [7, 11) is 0. The summed E-state index contributed by atoms with van der Waals surface area (Å²) in [6.07, 6.45) is 1.87. The second kappa shape index (κ2) is 13.5. The lowest BCUT2D eigenvalue weighted by atomic mass is 9.96. The van der Waals surface area contributed by atoms with E-state index in [0.29, 0.717) is 5.92 Å². The van der Waals surface area contributed by atoms with E-state index in [-0.39, 0.29) is 23.9 Å². The van der Waals surface area contributed by atoms with E-state index in [4.69, 9.17) is 4.74 Å². The van der Waals surface area contributed by atoms with E-state index in [1.165, 1.54) is 0 Å². The van der Waals surface area contributed by atoms with Gasteiger partial charge in [0.05, 0.1) is 0 Å². The third-order valence-corrected chi connectivity index (χ3v) is 5.66. The first-order chi connectivity index (χ1) is 16.2. The maximum absolute atomic E-state index is 13.8. The normalized spacial score (nSPS) is 14.3. The van der Waals surface area contributed by atoms with Crippen LogP contribution in [-0.4, -0.2) is 46.5 Å². The summed E-state index contributed by atoms with van der Waals surface area (Å²) in [6.45, 7) is 19.1. The summed E-state index contributed by atoms with van der Waals surface area (Å²) in [5.74, 6) is -0.104. The summed E-state index contributed by atoms with van der Waals surface area (Å²) >= 11 is 0. The molecule has 0 saturated carbocycles. The molecule has 0 aromatic heterocycles. The summed E-state index contributed by atoms with van der Waals surface area (Å²) < 4.78 is 5.35. The molecule has 7 nitrogen and oxygen atoms in total. The number of hydrogen-bond acceptors (Lipinski definition) is 4. The number of nitrogens with zero attached hydrogens (tertiary/aromatic N) is 1. The van der Waals surface area contributed by atoms with Crippen LogP contribution in [0.5, 0.6) is 0 Å². The molecule has 3 atom stereocenters. The zero-order chi connectivity index (χ0) is 26.9. The minimum Gasteiger partial charge on any atom is -0.444 e. The number of nitrogens with one attached hydrogen (secondary N) is 2. The van der Waals surface area contributed by atoms with E-state index in [9.17, 15) is 14.4 Å². The minimum atomic E-state index is -0.865. The van der Waals surface area contributed by atoms with Crippen molar-refractivity contribution < 1.29 is 19.1 Å². The molecular formula is C28H47N3O4. The zero-order valence-electron chi connectivity index (χ0n) is 23.4. The van der Waals surface area contributed by atoms with Crippen molar-refractivity contribution in [3.05, 3.63) is 35.4 Å². The van der Waals surface area contributed by atoms with Gasteiger partial charge in [-0.25, -0.2) is 4.79 Å². The van der Waals surface area contributed by atoms with Crippen molar-refractivity contribution in [2.45, 2.75) is 118 Å². The first-order valence-electron chi connectivity index (χ1n) is 12.9. The molecule has 7 heteroatoms. The summed E-state index contributed by atoms with van der Waals surface area (Å²) in [4.78, 5) is 41.4. The first-order valence-corrected chi connectivity index (χ1v) is 12.9. The van der Waals surface area contributed by atoms with Crippen molar-refractivity contribution in [2.75, 3.05) is 0 Å². The van der Waals surface area contributed by atoms with Crippen LogP contribution in [0.1, 0.15) is 99.2 Å². The van der Waals surface area contributed by atoms with Crippen molar-refractivity contribution in [3.63, 3.8) is 0 Å². The third-order valence-electron chi connectivity index (χ3n) is 5.66. The lowest BCUT2D eigenvalue weighted by Crippen LogP contribution is -2.55. The van der Waals surface area contributed by atoms with Gasteiger partial charge in [0.1, 0.15) is 17.7 Å². The summed E-state index contributed by atoms with van der Waals surface area (Å²) in [5.41, 5.74) is 1.22. The molecule has 0 heterocycles. The van der Waals surface area contributed by atoms with Gasteiger partial charge >= 0.3 is 6.09 Å². The minimum absolute atomic E-state index is 0.0832. The van der Waals surface area contributed by atoms with E-state index < -0.39 is 23.8 Å². The molecule has 1 aromatic rings. The van der Waals surface area contributed by atoms with Gasteiger partial charge in [-0.1, -0.05) is 45.0 Å². The van der Waals surface area contributed by atoms with Crippen LogP contribution < -0.4 is 10.6 Å². The number of ether oxygens (including phenoxy) is 1. The molecule has 0 radical (unpaired) electrons. The molecule has 3 unspecified atom stereocenters. The number of alkyl carbamates (subject to hydrolysis) is 1. The van der Waals surface area contributed by atoms with Gasteiger partial charge < -0.3 is 20.3 Å². The Balaban J connectivity index is 3.43. The number of benzene rings is 1. The monoisotopic (exact) mass is 489 g/mol. The average molecular weight is 490 g/mol. The van der Waals surface area contributed by atoms with Crippen LogP contribution >= 0.6 is 0 Å². The fourth-order valence-corrected chi connectivity index (χ4v) is 3.82. The van der Waals surface area contributed by atoms with Gasteiger partial charge in [0, 0.05) is 12.1 Å². The second-order valence-electron chi connectivity index (χ2n) is 11.1. The Morgan fingerprint density at radius 2 is 1.49 bits per heavy atom. The number of aryl methyl sites for hydroxylation is 1. The average Bonchev–Trinajstić information content (AvgIpc) is 2.73. The van der Waals surface area contributed by atoms with Crippen molar-refractivity contribution in [3.8, 4) is 0 Å². The predicted octanol–water partition coefficient (Wildman–Crippen LogP) is 5.38. The topological polar surface area (TPSA) is 87.7 Å². The number of carbonyl (C=O) groups is 3. The summed E-state index contributed by atoms with van der Waals surface area (Å²) in [6, 6.07) is 5.84. The summed E-state index contributed by atoms with van der Waals surface area (Å²) in [5, 5.41) is 5.65. The highest BCUT2D eigenvalue weighted by molar-refractivity contribution is 5.92. The van der Waals surface area contributed by atoms with E-state index in [1.54, 1.807) is 32.6 Å². The molecule has 0 spiro atoms. The lowest BCUT2D eigenvalue weighted by molar-refractivity contribution is -0.145. The van der Waals surface area contributed by atoms with E-state index in [2.05, 4.69) is 31.4 Å². The quantitative estimate of drug-likeness (QED) is 0.437. The zero-order valence-corrected chi connectivity index (χ0v) is 23.4. The molecule has 2 N–H and O–H groups in total. The second-order valence-corrected chi connectivity index (χ2v) is 11.1. The molecule has 35 heavy (non-hydrogen) atoms. The molecule has 0 aliphatic carbocycles. The Morgan fingerprint density at radius 3 is 1.94 bits per heavy atom. The van der Waals surface area contributed by atoms with Crippen LogP contribution in [-0.2, 0) is 20.7 Å². The molecule has 0 saturated heterocycles. The van der Waals surface area contributed by atoms with Crippen LogP contribution in [0.3, 0.4) is 0 Å². The van der Waals surface area contributed by atoms with E-state index in [0.717, 1.165) is 30.4 Å². The van der Waals surface area contributed by atoms with Gasteiger partial charge in [-0.3, -0.25) is 9.59 Å². The Labute approximate surface area is 212 Å². The Hall–Kier alpha value is -2.57. The van der Waals surface area contributed by atoms with Crippen molar-refractivity contribution in [1.29, 1.82) is 0 Å². The number of amides is 3. The SMILES string of the molecule is CCc1ccc(C(C(=O)NC(C)C)N(C(=O)C(C)NC(=O)OC(C)(C)C)C(C)CCC(C)C)cc1. The van der Waals surface area contributed by atoms with Gasteiger partial charge in [0.25, 0.3) is 0 Å². The number of carbonyl (C=O) groups excluding carboxylic acids is 3. The van der Waals surface area contributed by atoms with Crippen molar-refractivity contribution in [1.82, 2.24) is 15.5 Å². The Morgan fingerprint density at radius 1 is 0.914 bits per heavy atom. The van der Waals surface area contributed by atoms with Crippen LogP contribution in [0.2, 0.25) is 0 Å². The fraction of sp³-hybridized carbons (Fsp3) is 0.679. The highest BCUT2D eigenvalue weighted by Gasteiger charge is 2.37. The van der Waals surface area contributed by atoms with Gasteiger partial charge in [0.2, 0.25) is 11.8 Å². The Kier molecular flexibility index (Phi) is 11.7. The van der Waals surface area contributed by atoms with Gasteiger partial charge in [-0.2, -0.15) is 0 Å². The van der Waals surface area contributed by atoms with Crippen LogP contribution in [0.25, 0.3) is 0 Å². The van der Waals surface area contributed by atoms with Gasteiger partial charge in [0.15, 0.2) is 0 Å². The van der Waals surface area contributed by atoms with Gasteiger partial charge in [-0.05, 0) is 84.8 Å². The Bertz CT molecular complexity index is 828. The molecular weight excluding hydrogens is 442 g/mol. The number of hydrogen-bond donors (Lipinski definition) is 2. The van der Waals surface area contributed by atoms with E-state index in [1.807, 2.05) is 45.0 Å². The molecule has 0 aliphatic heterocycles. The molecule has 0 bridgehead atoms.